The van der Waals surface area contributed by atoms with Crippen LogP contribution in [0.5, 0.6) is 0 Å². The fraction of sp³-hybridized carbons (Fsp3) is 0.312. The van der Waals surface area contributed by atoms with E-state index in [4.69, 9.17) is 0 Å². The molecule has 3 rings (SSSR count). The number of thioether (sulfide) groups is 1. The van der Waals surface area contributed by atoms with E-state index in [9.17, 15) is 4.79 Å². The van der Waals surface area contributed by atoms with Crippen LogP contribution in [0.15, 0.2) is 41.6 Å². The molecule has 0 bridgehead atoms. The van der Waals surface area contributed by atoms with Crippen molar-refractivity contribution >= 4 is 29.2 Å². The molecule has 1 aliphatic heterocycles. The number of hydrogen-bond donors (Lipinski definition) is 1. The third-order valence-electron chi connectivity index (χ3n) is 3.64. The van der Waals surface area contributed by atoms with Crippen molar-refractivity contribution in [2.45, 2.75) is 17.7 Å². The number of amides is 1. The highest BCUT2D eigenvalue weighted by molar-refractivity contribution is 7.98. The second kappa shape index (κ2) is 6.79. The molecule has 2 aromatic rings. The molecule has 1 amide bonds. The van der Waals surface area contributed by atoms with Crippen molar-refractivity contribution < 1.29 is 4.79 Å². The molecule has 1 aromatic carbocycles. The van der Waals surface area contributed by atoms with Gasteiger partial charge in [-0.25, -0.2) is 9.97 Å². The molecule has 1 N–H and O–H groups in total. The number of nitrogens with one attached hydrogen (secondary N) is 1. The summed E-state index contributed by atoms with van der Waals surface area (Å²) in [6, 6.07) is 9.53. The Morgan fingerprint density at radius 1 is 1.23 bits per heavy atom. The SMILES string of the molecule is CSc1cccc(NC(=O)c2cc(N3CCCC3)ncn2)c1. The second-order valence-electron chi connectivity index (χ2n) is 5.14. The van der Waals surface area contributed by atoms with E-state index in [1.807, 2.05) is 30.5 Å². The number of carbonyl (C=O) groups is 1. The van der Waals surface area contributed by atoms with Gasteiger partial charge in [-0.15, -0.1) is 11.8 Å². The van der Waals surface area contributed by atoms with Gasteiger partial charge in [-0.05, 0) is 37.3 Å². The molecular weight excluding hydrogens is 296 g/mol. The van der Waals surface area contributed by atoms with Crippen molar-refractivity contribution in [2.24, 2.45) is 0 Å². The van der Waals surface area contributed by atoms with E-state index in [-0.39, 0.29) is 5.91 Å². The molecule has 0 atom stereocenters. The summed E-state index contributed by atoms with van der Waals surface area (Å²) < 4.78 is 0. The van der Waals surface area contributed by atoms with Gasteiger partial charge in [0.25, 0.3) is 5.91 Å². The first-order chi connectivity index (χ1) is 10.8. The summed E-state index contributed by atoms with van der Waals surface area (Å²) in [7, 11) is 0. The van der Waals surface area contributed by atoms with Crippen molar-refractivity contribution in [3.05, 3.63) is 42.4 Å². The number of hydrogen-bond acceptors (Lipinski definition) is 5. The summed E-state index contributed by atoms with van der Waals surface area (Å²) >= 11 is 1.64. The second-order valence-corrected chi connectivity index (χ2v) is 6.02. The summed E-state index contributed by atoms with van der Waals surface area (Å²) in [5, 5.41) is 2.89. The zero-order valence-electron chi connectivity index (χ0n) is 12.5. The Morgan fingerprint density at radius 3 is 2.82 bits per heavy atom. The quantitative estimate of drug-likeness (QED) is 0.879. The number of aromatic nitrogens is 2. The molecule has 6 heteroatoms. The fourth-order valence-electron chi connectivity index (χ4n) is 2.49. The normalized spacial score (nSPS) is 14.1. The average Bonchev–Trinajstić information content (AvgIpc) is 3.09. The molecule has 1 fully saturated rings. The van der Waals surface area contributed by atoms with Gasteiger partial charge in [0.15, 0.2) is 0 Å². The van der Waals surface area contributed by atoms with E-state index >= 15 is 0 Å². The third kappa shape index (κ3) is 3.39. The maximum absolute atomic E-state index is 12.4. The van der Waals surface area contributed by atoms with Crippen LogP contribution in [0.25, 0.3) is 0 Å². The lowest BCUT2D eigenvalue weighted by atomic mass is 10.3. The molecule has 2 heterocycles. The van der Waals surface area contributed by atoms with Crippen LogP contribution in [0.4, 0.5) is 11.5 Å². The number of benzene rings is 1. The number of rotatable bonds is 4. The van der Waals surface area contributed by atoms with Crippen LogP contribution in [0, 0.1) is 0 Å². The minimum Gasteiger partial charge on any atom is -0.357 e. The first-order valence-electron chi connectivity index (χ1n) is 7.28. The lowest BCUT2D eigenvalue weighted by molar-refractivity contribution is 0.102. The summed E-state index contributed by atoms with van der Waals surface area (Å²) in [6.07, 6.45) is 5.81. The Kier molecular flexibility index (Phi) is 4.58. The van der Waals surface area contributed by atoms with Gasteiger partial charge in [-0.2, -0.15) is 0 Å². The minimum atomic E-state index is -0.207. The zero-order valence-corrected chi connectivity index (χ0v) is 13.3. The van der Waals surface area contributed by atoms with E-state index < -0.39 is 0 Å². The molecule has 0 aliphatic carbocycles. The van der Waals surface area contributed by atoms with Crippen molar-refractivity contribution in [3.8, 4) is 0 Å². The maximum atomic E-state index is 12.4. The number of anilines is 2. The average molecular weight is 314 g/mol. The highest BCUT2D eigenvalue weighted by Crippen LogP contribution is 2.20. The van der Waals surface area contributed by atoms with E-state index in [1.54, 1.807) is 17.8 Å². The molecule has 0 saturated carbocycles. The van der Waals surface area contributed by atoms with Crippen LogP contribution in [0.2, 0.25) is 0 Å². The summed E-state index contributed by atoms with van der Waals surface area (Å²) in [5.74, 6) is 0.622. The first kappa shape index (κ1) is 14.8. The van der Waals surface area contributed by atoms with Gasteiger partial charge >= 0.3 is 0 Å². The van der Waals surface area contributed by atoms with Gasteiger partial charge in [0, 0.05) is 29.7 Å². The van der Waals surface area contributed by atoms with E-state index in [2.05, 4.69) is 20.2 Å². The predicted molar refractivity (Wildman–Crippen MR) is 89.7 cm³/mol. The van der Waals surface area contributed by atoms with Gasteiger partial charge in [0.2, 0.25) is 0 Å². The van der Waals surface area contributed by atoms with Gasteiger partial charge in [-0.3, -0.25) is 4.79 Å². The Labute approximate surface area is 134 Å². The smallest absolute Gasteiger partial charge is 0.274 e. The van der Waals surface area contributed by atoms with Crippen LogP contribution in [0.3, 0.4) is 0 Å². The summed E-state index contributed by atoms with van der Waals surface area (Å²) in [6.45, 7) is 1.99. The van der Waals surface area contributed by atoms with Crippen LogP contribution < -0.4 is 10.2 Å². The van der Waals surface area contributed by atoms with Gasteiger partial charge in [0.05, 0.1) is 0 Å². The highest BCUT2D eigenvalue weighted by atomic mass is 32.2. The molecule has 1 aliphatic rings. The minimum absolute atomic E-state index is 0.207. The Hall–Kier alpha value is -2.08. The largest absolute Gasteiger partial charge is 0.357 e. The number of carbonyl (C=O) groups excluding carboxylic acids is 1. The van der Waals surface area contributed by atoms with Gasteiger partial charge in [-0.1, -0.05) is 6.07 Å². The van der Waals surface area contributed by atoms with E-state index in [1.165, 1.54) is 19.2 Å². The molecule has 0 radical (unpaired) electrons. The van der Waals surface area contributed by atoms with E-state index in [0.29, 0.717) is 5.69 Å². The Bertz CT molecular complexity index is 671. The molecular formula is C16H18N4OS. The van der Waals surface area contributed by atoms with E-state index in [0.717, 1.165) is 29.5 Å². The standard InChI is InChI=1S/C16H18N4OS/c1-22-13-6-4-5-12(9-13)19-16(21)14-10-15(18-11-17-14)20-7-2-3-8-20/h4-6,9-11H,2-3,7-8H2,1H3,(H,19,21). The van der Waals surface area contributed by atoms with Crippen LogP contribution in [0.1, 0.15) is 23.3 Å². The zero-order chi connectivity index (χ0) is 15.4. The van der Waals surface area contributed by atoms with Gasteiger partial charge < -0.3 is 10.2 Å². The molecule has 22 heavy (non-hydrogen) atoms. The first-order valence-corrected chi connectivity index (χ1v) is 8.51. The lowest BCUT2D eigenvalue weighted by Gasteiger charge is -2.16. The monoisotopic (exact) mass is 314 g/mol. The molecule has 114 valence electrons. The molecule has 1 aromatic heterocycles. The lowest BCUT2D eigenvalue weighted by Crippen LogP contribution is -2.21. The predicted octanol–water partition coefficient (Wildman–Crippen LogP) is 3.05. The van der Waals surface area contributed by atoms with Gasteiger partial charge in [0.1, 0.15) is 17.8 Å². The Morgan fingerprint density at radius 2 is 2.05 bits per heavy atom. The summed E-state index contributed by atoms with van der Waals surface area (Å²) in [4.78, 5) is 24.0. The summed E-state index contributed by atoms with van der Waals surface area (Å²) in [5.41, 5.74) is 1.17. The molecule has 0 spiro atoms. The van der Waals surface area contributed by atoms with Crippen molar-refractivity contribution in [3.63, 3.8) is 0 Å². The van der Waals surface area contributed by atoms with Crippen LogP contribution in [-0.4, -0.2) is 35.2 Å². The maximum Gasteiger partial charge on any atom is 0.274 e. The highest BCUT2D eigenvalue weighted by Gasteiger charge is 2.16. The molecule has 0 unspecified atom stereocenters. The third-order valence-corrected chi connectivity index (χ3v) is 4.37. The Balaban J connectivity index is 1.75. The van der Waals surface area contributed by atoms with Crippen molar-refractivity contribution in [1.82, 2.24) is 9.97 Å². The number of nitrogens with zero attached hydrogens (tertiary/aromatic N) is 3. The van der Waals surface area contributed by atoms with Crippen molar-refractivity contribution in [1.29, 1.82) is 0 Å². The fourth-order valence-corrected chi connectivity index (χ4v) is 2.95. The molecule has 1 saturated heterocycles. The van der Waals surface area contributed by atoms with Crippen LogP contribution >= 0.6 is 11.8 Å². The van der Waals surface area contributed by atoms with Crippen LogP contribution in [-0.2, 0) is 0 Å². The topological polar surface area (TPSA) is 58.1 Å². The molecule has 5 nitrogen and oxygen atoms in total. The van der Waals surface area contributed by atoms with Crippen molar-refractivity contribution in [2.75, 3.05) is 29.6 Å².